The van der Waals surface area contributed by atoms with E-state index < -0.39 is 0 Å². The van der Waals surface area contributed by atoms with Crippen LogP contribution in [0.15, 0.2) is 30.3 Å². The molecule has 0 amide bonds. The summed E-state index contributed by atoms with van der Waals surface area (Å²) in [5.74, 6) is 0. The Morgan fingerprint density at radius 3 is 2.55 bits per heavy atom. The number of aliphatic hydroxyl groups is 1. The molecular weight excluding hydrogens is 274 g/mol. The Hall–Kier alpha value is -1.65. The van der Waals surface area contributed by atoms with E-state index >= 15 is 0 Å². The van der Waals surface area contributed by atoms with Crippen LogP contribution in [-0.4, -0.2) is 32.4 Å². The summed E-state index contributed by atoms with van der Waals surface area (Å²) >= 11 is 0. The van der Waals surface area contributed by atoms with Gasteiger partial charge in [-0.15, -0.1) is 0 Å². The quantitative estimate of drug-likeness (QED) is 0.854. The first kappa shape index (κ1) is 15.3. The van der Waals surface area contributed by atoms with Crippen LogP contribution in [0, 0.1) is 13.8 Å². The molecule has 1 aromatic carbocycles. The predicted molar refractivity (Wildman–Crippen MR) is 87.5 cm³/mol. The van der Waals surface area contributed by atoms with Crippen molar-refractivity contribution < 1.29 is 5.11 Å². The monoisotopic (exact) mass is 299 g/mol. The second-order valence-corrected chi connectivity index (χ2v) is 6.22. The lowest BCUT2D eigenvalue weighted by Gasteiger charge is -2.22. The summed E-state index contributed by atoms with van der Waals surface area (Å²) < 4.78 is 1.93. The molecule has 1 aliphatic carbocycles. The lowest BCUT2D eigenvalue weighted by Crippen LogP contribution is -2.25. The molecular formula is C18H25N3O. The Labute approximate surface area is 132 Å². The maximum absolute atomic E-state index is 9.15. The van der Waals surface area contributed by atoms with Crippen LogP contribution in [0.3, 0.4) is 0 Å². The minimum absolute atomic E-state index is 0.137. The number of aryl methyl sites for hydroxylation is 1. The Morgan fingerprint density at radius 2 is 1.91 bits per heavy atom. The largest absolute Gasteiger partial charge is 0.394 e. The van der Waals surface area contributed by atoms with Crippen LogP contribution < -0.4 is 0 Å². The molecule has 0 bridgehead atoms. The molecule has 0 spiro atoms. The highest BCUT2D eigenvalue weighted by molar-refractivity contribution is 5.25. The molecule has 118 valence electrons. The van der Waals surface area contributed by atoms with E-state index in [-0.39, 0.29) is 6.61 Å². The van der Waals surface area contributed by atoms with Gasteiger partial charge in [0.15, 0.2) is 0 Å². The minimum atomic E-state index is 0.137. The van der Waals surface area contributed by atoms with E-state index in [0.29, 0.717) is 12.6 Å². The fraction of sp³-hybridized carbons (Fsp3) is 0.500. The molecule has 1 N–H and O–H groups in total. The Morgan fingerprint density at radius 1 is 1.18 bits per heavy atom. The molecule has 0 aliphatic heterocycles. The molecule has 0 unspecified atom stereocenters. The highest BCUT2D eigenvalue weighted by Gasteiger charge is 2.30. The molecule has 0 atom stereocenters. The lowest BCUT2D eigenvalue weighted by atomic mass is 10.1. The van der Waals surface area contributed by atoms with Gasteiger partial charge in [0.25, 0.3) is 0 Å². The van der Waals surface area contributed by atoms with Gasteiger partial charge in [0.1, 0.15) is 0 Å². The third-order valence-corrected chi connectivity index (χ3v) is 4.50. The van der Waals surface area contributed by atoms with Crippen LogP contribution in [0.5, 0.6) is 0 Å². The molecule has 3 rings (SSSR count). The van der Waals surface area contributed by atoms with Crippen molar-refractivity contribution in [1.29, 1.82) is 0 Å². The fourth-order valence-electron chi connectivity index (χ4n) is 3.05. The van der Waals surface area contributed by atoms with Crippen molar-refractivity contribution in [2.24, 2.45) is 0 Å². The van der Waals surface area contributed by atoms with Gasteiger partial charge >= 0.3 is 0 Å². The summed E-state index contributed by atoms with van der Waals surface area (Å²) in [4.78, 5) is 2.57. The van der Waals surface area contributed by atoms with Crippen molar-refractivity contribution in [1.82, 2.24) is 14.7 Å². The zero-order valence-corrected chi connectivity index (χ0v) is 13.5. The highest BCUT2D eigenvalue weighted by Crippen LogP contribution is 2.31. The molecule has 1 fully saturated rings. The maximum Gasteiger partial charge on any atom is 0.0644 e. The number of aliphatic hydroxyl groups excluding tert-OH is 1. The van der Waals surface area contributed by atoms with E-state index in [0.717, 1.165) is 18.8 Å². The van der Waals surface area contributed by atoms with Crippen molar-refractivity contribution >= 4 is 0 Å². The maximum atomic E-state index is 9.15. The first-order valence-electron chi connectivity index (χ1n) is 8.10. The van der Waals surface area contributed by atoms with Gasteiger partial charge in [-0.3, -0.25) is 9.58 Å². The van der Waals surface area contributed by atoms with Gasteiger partial charge in [-0.2, -0.15) is 5.10 Å². The van der Waals surface area contributed by atoms with Crippen molar-refractivity contribution in [2.75, 3.05) is 6.61 Å². The normalized spacial score (nSPS) is 14.7. The first-order valence-corrected chi connectivity index (χ1v) is 8.10. The van der Waals surface area contributed by atoms with Gasteiger partial charge in [-0.1, -0.05) is 30.3 Å². The Balaban J connectivity index is 1.77. The van der Waals surface area contributed by atoms with E-state index in [9.17, 15) is 0 Å². The summed E-state index contributed by atoms with van der Waals surface area (Å²) in [6.07, 6.45) is 2.60. The number of hydrogen-bond acceptors (Lipinski definition) is 3. The highest BCUT2D eigenvalue weighted by atomic mass is 16.3. The fourth-order valence-corrected chi connectivity index (χ4v) is 3.05. The standard InChI is InChI=1S/C18H25N3O/c1-14-18(15(2)21(19-14)10-11-22)13-20(17-8-9-17)12-16-6-4-3-5-7-16/h3-7,17,22H,8-13H2,1-2H3. The van der Waals surface area contributed by atoms with Crippen molar-refractivity contribution in [2.45, 2.75) is 52.4 Å². The van der Waals surface area contributed by atoms with Crippen LogP contribution in [0.1, 0.15) is 35.4 Å². The third-order valence-electron chi connectivity index (χ3n) is 4.50. The summed E-state index contributed by atoms with van der Waals surface area (Å²) in [5.41, 5.74) is 4.96. The zero-order valence-electron chi connectivity index (χ0n) is 13.5. The van der Waals surface area contributed by atoms with E-state index in [1.807, 2.05) is 4.68 Å². The van der Waals surface area contributed by atoms with Crippen molar-refractivity contribution in [3.63, 3.8) is 0 Å². The third kappa shape index (κ3) is 3.39. The minimum Gasteiger partial charge on any atom is -0.394 e. The molecule has 1 aliphatic rings. The van der Waals surface area contributed by atoms with Gasteiger partial charge in [0.05, 0.1) is 18.8 Å². The van der Waals surface area contributed by atoms with Gasteiger partial charge in [0, 0.05) is 30.4 Å². The van der Waals surface area contributed by atoms with E-state index in [4.69, 9.17) is 5.11 Å². The average molecular weight is 299 g/mol. The molecule has 0 radical (unpaired) electrons. The molecule has 4 nitrogen and oxygen atoms in total. The molecule has 1 aromatic heterocycles. The van der Waals surface area contributed by atoms with E-state index in [2.05, 4.69) is 54.2 Å². The number of rotatable bonds is 7. The van der Waals surface area contributed by atoms with E-state index in [1.54, 1.807) is 0 Å². The molecule has 22 heavy (non-hydrogen) atoms. The van der Waals surface area contributed by atoms with Crippen LogP contribution in [0.25, 0.3) is 0 Å². The van der Waals surface area contributed by atoms with Crippen molar-refractivity contribution in [3.05, 3.63) is 52.8 Å². The van der Waals surface area contributed by atoms with Gasteiger partial charge in [-0.25, -0.2) is 0 Å². The summed E-state index contributed by atoms with van der Waals surface area (Å²) in [5, 5.41) is 13.7. The summed E-state index contributed by atoms with van der Waals surface area (Å²) in [7, 11) is 0. The SMILES string of the molecule is Cc1nn(CCO)c(C)c1CN(Cc1ccccc1)C1CC1. The van der Waals surface area contributed by atoms with Crippen LogP contribution in [-0.2, 0) is 19.6 Å². The summed E-state index contributed by atoms with van der Waals surface area (Å²) in [6, 6.07) is 11.4. The number of nitrogens with zero attached hydrogens (tertiary/aromatic N) is 3. The summed E-state index contributed by atoms with van der Waals surface area (Å²) in [6.45, 7) is 6.84. The Bertz CT molecular complexity index is 617. The topological polar surface area (TPSA) is 41.3 Å². The number of hydrogen-bond donors (Lipinski definition) is 1. The lowest BCUT2D eigenvalue weighted by molar-refractivity contribution is 0.244. The van der Waals surface area contributed by atoms with Gasteiger partial charge in [0.2, 0.25) is 0 Å². The first-order chi connectivity index (χ1) is 10.7. The molecule has 1 saturated carbocycles. The molecule has 2 aromatic rings. The molecule has 1 heterocycles. The van der Waals surface area contributed by atoms with E-state index in [1.165, 1.54) is 29.7 Å². The number of benzene rings is 1. The van der Waals surface area contributed by atoms with Crippen LogP contribution in [0.2, 0.25) is 0 Å². The number of aromatic nitrogens is 2. The van der Waals surface area contributed by atoms with Crippen LogP contribution >= 0.6 is 0 Å². The Kier molecular flexibility index (Phi) is 4.60. The van der Waals surface area contributed by atoms with Gasteiger partial charge in [-0.05, 0) is 32.3 Å². The second-order valence-electron chi connectivity index (χ2n) is 6.22. The predicted octanol–water partition coefficient (Wildman–Crippen LogP) is 2.66. The smallest absolute Gasteiger partial charge is 0.0644 e. The zero-order chi connectivity index (χ0) is 15.5. The van der Waals surface area contributed by atoms with Crippen molar-refractivity contribution in [3.8, 4) is 0 Å². The van der Waals surface area contributed by atoms with Gasteiger partial charge < -0.3 is 5.11 Å². The van der Waals surface area contributed by atoms with Crippen LogP contribution in [0.4, 0.5) is 0 Å². The average Bonchev–Trinajstić information content (AvgIpc) is 3.32. The molecule has 0 saturated heterocycles. The second kappa shape index (κ2) is 6.63. The molecule has 4 heteroatoms.